The van der Waals surface area contributed by atoms with E-state index in [9.17, 15) is 0 Å². The van der Waals surface area contributed by atoms with Gasteiger partial charge in [0.25, 0.3) is 0 Å². The van der Waals surface area contributed by atoms with Gasteiger partial charge in [-0.15, -0.1) is 0 Å². The number of rotatable bonds is 4. The molecule has 1 aromatic carbocycles. The van der Waals surface area contributed by atoms with Gasteiger partial charge in [0.1, 0.15) is 0 Å². The minimum absolute atomic E-state index is 0.721. The molecule has 2 aliphatic rings. The Morgan fingerprint density at radius 2 is 1.56 bits per heavy atom. The molecular weight excluding hydrogens is 220 g/mol. The average Bonchev–Trinajstić information content (AvgIpc) is 2.89. The van der Waals surface area contributed by atoms with Gasteiger partial charge in [0.05, 0.1) is 13.2 Å². The van der Waals surface area contributed by atoms with Crippen LogP contribution in [0.5, 0.6) is 0 Å². The first-order valence-corrected chi connectivity index (χ1v) is 7.07. The summed E-state index contributed by atoms with van der Waals surface area (Å²) in [5.41, 5.74) is 1.27. The van der Waals surface area contributed by atoms with Crippen LogP contribution in [0.3, 0.4) is 0 Å². The molecule has 2 unspecified atom stereocenters. The molecule has 0 spiro atoms. The second kappa shape index (κ2) is 4.89. The summed E-state index contributed by atoms with van der Waals surface area (Å²) >= 11 is 0. The third kappa shape index (κ3) is 2.01. The monoisotopic (exact) mass is 242 g/mol. The van der Waals surface area contributed by atoms with Crippen molar-refractivity contribution >= 4 is 0 Å². The van der Waals surface area contributed by atoms with Gasteiger partial charge in [-0.05, 0) is 35.2 Å². The van der Waals surface area contributed by atoms with E-state index in [1.54, 1.807) is 0 Å². The minimum atomic E-state index is 0.721. The summed E-state index contributed by atoms with van der Waals surface area (Å²) in [5, 5.41) is 0. The van der Waals surface area contributed by atoms with E-state index in [0.717, 1.165) is 42.8 Å². The Morgan fingerprint density at radius 1 is 0.944 bits per heavy atom. The fourth-order valence-electron chi connectivity index (χ4n) is 3.74. The van der Waals surface area contributed by atoms with Crippen molar-refractivity contribution in [1.82, 2.24) is 0 Å². The zero-order valence-corrected chi connectivity index (χ0v) is 11.3. The van der Waals surface area contributed by atoms with Gasteiger partial charge in [-0.25, -0.2) is 0 Å². The van der Waals surface area contributed by atoms with E-state index < -0.39 is 0 Å². The second-order valence-corrected chi connectivity index (χ2v) is 5.92. The van der Waals surface area contributed by atoms with E-state index in [0.29, 0.717) is 0 Å². The lowest BCUT2D eigenvalue weighted by Crippen LogP contribution is -2.16. The molecule has 2 aliphatic carbocycles. The molecule has 0 N–H and O–H groups in total. The molecule has 0 saturated heterocycles. The summed E-state index contributed by atoms with van der Waals surface area (Å²) < 4.78 is 5.94. The van der Waals surface area contributed by atoms with Gasteiger partial charge >= 0.3 is 0 Å². The normalized spacial score (nSPS) is 37.3. The van der Waals surface area contributed by atoms with Crippen LogP contribution < -0.4 is 0 Å². The van der Waals surface area contributed by atoms with Crippen molar-refractivity contribution in [2.45, 2.75) is 20.5 Å². The highest BCUT2D eigenvalue weighted by atomic mass is 16.5. The number of ether oxygens (including phenoxy) is 1. The summed E-state index contributed by atoms with van der Waals surface area (Å²) in [5.74, 6) is 3.87. The Kier molecular flexibility index (Phi) is 3.25. The number of fused-ring (bicyclic) bond motifs is 2. The Hall–Kier alpha value is -1.08. The second-order valence-electron chi connectivity index (χ2n) is 5.92. The van der Waals surface area contributed by atoms with Crippen molar-refractivity contribution in [2.24, 2.45) is 29.6 Å². The van der Waals surface area contributed by atoms with Crippen molar-refractivity contribution in [3.63, 3.8) is 0 Å². The van der Waals surface area contributed by atoms with Crippen molar-refractivity contribution in [1.29, 1.82) is 0 Å². The summed E-state index contributed by atoms with van der Waals surface area (Å²) in [6.07, 6.45) is 4.84. The van der Waals surface area contributed by atoms with Crippen molar-refractivity contribution in [3.8, 4) is 0 Å². The lowest BCUT2D eigenvalue weighted by molar-refractivity contribution is 0.0722. The topological polar surface area (TPSA) is 9.23 Å². The molecule has 1 aromatic rings. The fraction of sp³-hybridized carbons (Fsp3) is 0.529. The first kappa shape index (κ1) is 12.0. The molecule has 3 rings (SSSR count). The van der Waals surface area contributed by atoms with Gasteiger partial charge in [0, 0.05) is 0 Å². The average molecular weight is 242 g/mol. The first-order chi connectivity index (χ1) is 8.77. The van der Waals surface area contributed by atoms with Crippen LogP contribution in [0.2, 0.25) is 0 Å². The quantitative estimate of drug-likeness (QED) is 0.727. The standard InChI is InChI=1S/C17H22O/c1-12-13(2)16-9-8-15(12)17(16)11-18-10-14-6-4-3-5-7-14/h3-9,12-13,15-17H,10-11H2,1-2H3/t12-,13-,15?,16?,17?/m0/s1. The third-order valence-electron chi connectivity index (χ3n) is 5.01. The van der Waals surface area contributed by atoms with E-state index in [1.807, 2.05) is 6.07 Å². The fourth-order valence-corrected chi connectivity index (χ4v) is 3.74. The zero-order chi connectivity index (χ0) is 12.5. The summed E-state index contributed by atoms with van der Waals surface area (Å²) in [6.45, 7) is 6.44. The summed E-state index contributed by atoms with van der Waals surface area (Å²) in [7, 11) is 0. The molecule has 0 radical (unpaired) electrons. The molecule has 0 aliphatic heterocycles. The van der Waals surface area contributed by atoms with Crippen LogP contribution in [0.4, 0.5) is 0 Å². The van der Waals surface area contributed by atoms with Gasteiger partial charge in [0.2, 0.25) is 0 Å². The number of hydrogen-bond acceptors (Lipinski definition) is 1. The van der Waals surface area contributed by atoms with Crippen LogP contribution in [0.15, 0.2) is 42.5 Å². The van der Waals surface area contributed by atoms with Gasteiger partial charge in [-0.1, -0.05) is 56.3 Å². The number of allylic oxidation sites excluding steroid dienone is 2. The molecule has 2 bridgehead atoms. The maximum absolute atomic E-state index is 5.94. The Morgan fingerprint density at radius 3 is 2.17 bits per heavy atom. The number of benzene rings is 1. The van der Waals surface area contributed by atoms with E-state index >= 15 is 0 Å². The Balaban J connectivity index is 1.54. The first-order valence-electron chi connectivity index (χ1n) is 7.07. The SMILES string of the molecule is C[C@@H]1C2C=CC(C2COCc2ccccc2)[C@H]1C. The van der Waals surface area contributed by atoms with Gasteiger partial charge in [-0.2, -0.15) is 0 Å². The highest BCUT2D eigenvalue weighted by Gasteiger charge is 2.47. The minimum Gasteiger partial charge on any atom is -0.376 e. The van der Waals surface area contributed by atoms with Crippen molar-refractivity contribution < 1.29 is 4.74 Å². The molecule has 4 atom stereocenters. The summed E-state index contributed by atoms with van der Waals surface area (Å²) in [4.78, 5) is 0. The molecule has 1 heteroatoms. The summed E-state index contributed by atoms with van der Waals surface area (Å²) in [6, 6.07) is 10.5. The van der Waals surface area contributed by atoms with Crippen LogP contribution in [0, 0.1) is 29.6 Å². The maximum Gasteiger partial charge on any atom is 0.0717 e. The van der Waals surface area contributed by atoms with E-state index in [-0.39, 0.29) is 0 Å². The van der Waals surface area contributed by atoms with Crippen LogP contribution in [-0.2, 0) is 11.3 Å². The molecule has 0 amide bonds. The predicted molar refractivity (Wildman–Crippen MR) is 74.0 cm³/mol. The molecule has 18 heavy (non-hydrogen) atoms. The van der Waals surface area contributed by atoms with Gasteiger partial charge in [0.15, 0.2) is 0 Å². The molecule has 0 aromatic heterocycles. The van der Waals surface area contributed by atoms with Crippen LogP contribution in [-0.4, -0.2) is 6.61 Å². The van der Waals surface area contributed by atoms with Crippen LogP contribution in [0.25, 0.3) is 0 Å². The Bertz CT molecular complexity index is 404. The molecular formula is C17H22O. The van der Waals surface area contributed by atoms with Crippen molar-refractivity contribution in [3.05, 3.63) is 48.0 Å². The largest absolute Gasteiger partial charge is 0.376 e. The highest BCUT2D eigenvalue weighted by molar-refractivity contribution is 5.16. The van der Waals surface area contributed by atoms with Gasteiger partial charge in [-0.3, -0.25) is 0 Å². The van der Waals surface area contributed by atoms with Crippen LogP contribution in [0.1, 0.15) is 19.4 Å². The molecule has 96 valence electrons. The zero-order valence-electron chi connectivity index (χ0n) is 11.3. The highest BCUT2D eigenvalue weighted by Crippen LogP contribution is 2.51. The van der Waals surface area contributed by atoms with E-state index in [1.165, 1.54) is 5.56 Å². The van der Waals surface area contributed by atoms with Gasteiger partial charge < -0.3 is 4.74 Å². The maximum atomic E-state index is 5.94. The molecule has 0 heterocycles. The molecule has 1 nitrogen and oxygen atoms in total. The Labute approximate surface area is 110 Å². The third-order valence-corrected chi connectivity index (χ3v) is 5.01. The lowest BCUT2D eigenvalue weighted by Gasteiger charge is -2.19. The molecule has 1 fully saturated rings. The number of hydrogen-bond donors (Lipinski definition) is 0. The van der Waals surface area contributed by atoms with Crippen molar-refractivity contribution in [2.75, 3.05) is 6.61 Å². The van der Waals surface area contributed by atoms with Crippen LogP contribution >= 0.6 is 0 Å². The van der Waals surface area contributed by atoms with E-state index in [4.69, 9.17) is 4.74 Å². The smallest absolute Gasteiger partial charge is 0.0717 e. The molecule has 1 saturated carbocycles. The lowest BCUT2D eigenvalue weighted by atomic mass is 9.86. The van der Waals surface area contributed by atoms with E-state index in [2.05, 4.69) is 50.3 Å². The predicted octanol–water partition coefficient (Wildman–Crippen LogP) is 3.91.